The first-order chi connectivity index (χ1) is 9.58. The first-order valence-electron chi connectivity index (χ1n) is 7.27. The van der Waals surface area contributed by atoms with E-state index >= 15 is 0 Å². The zero-order valence-corrected chi connectivity index (χ0v) is 12.3. The third-order valence-electron chi connectivity index (χ3n) is 3.76. The molecule has 0 saturated carbocycles. The van der Waals surface area contributed by atoms with Crippen LogP contribution in [0.2, 0.25) is 0 Å². The van der Waals surface area contributed by atoms with Crippen molar-refractivity contribution in [3.8, 4) is 0 Å². The van der Waals surface area contributed by atoms with E-state index in [0.717, 1.165) is 19.4 Å². The lowest BCUT2D eigenvalue weighted by atomic mass is 9.85. The molecule has 0 bridgehead atoms. The molecular weight excluding hydrogens is 252 g/mol. The predicted molar refractivity (Wildman–Crippen MR) is 79.8 cm³/mol. The molecule has 4 nitrogen and oxygen atoms in total. The molecule has 0 radical (unpaired) electrons. The normalized spacial score (nSPS) is 18.8. The Balaban J connectivity index is 1.74. The number of rotatable bonds is 5. The summed E-state index contributed by atoms with van der Waals surface area (Å²) in [5.74, 6) is 0. The highest BCUT2D eigenvalue weighted by Crippen LogP contribution is 2.21. The summed E-state index contributed by atoms with van der Waals surface area (Å²) in [6, 6.07) is 10.1. The minimum Gasteiger partial charge on any atom is -0.376 e. The highest BCUT2D eigenvalue weighted by Gasteiger charge is 2.21. The second-order valence-electron chi connectivity index (χ2n) is 5.95. The molecule has 2 amide bonds. The topological polar surface area (TPSA) is 50.4 Å². The monoisotopic (exact) mass is 276 g/mol. The summed E-state index contributed by atoms with van der Waals surface area (Å²) in [5.41, 5.74) is 1.14. The summed E-state index contributed by atoms with van der Waals surface area (Å²) in [7, 11) is 0. The number of nitrogens with one attached hydrogen (secondary N) is 2. The van der Waals surface area contributed by atoms with Crippen molar-refractivity contribution in [3.63, 3.8) is 0 Å². The van der Waals surface area contributed by atoms with Gasteiger partial charge < -0.3 is 15.4 Å². The van der Waals surface area contributed by atoms with Crippen LogP contribution in [0.25, 0.3) is 0 Å². The third-order valence-corrected chi connectivity index (χ3v) is 3.76. The van der Waals surface area contributed by atoms with E-state index in [0.29, 0.717) is 13.1 Å². The molecule has 0 spiro atoms. The van der Waals surface area contributed by atoms with Crippen molar-refractivity contribution in [3.05, 3.63) is 35.9 Å². The molecule has 110 valence electrons. The minimum absolute atomic E-state index is 0.0809. The van der Waals surface area contributed by atoms with Gasteiger partial charge in [0, 0.05) is 25.1 Å². The van der Waals surface area contributed by atoms with Crippen molar-refractivity contribution < 1.29 is 9.53 Å². The van der Waals surface area contributed by atoms with E-state index in [1.165, 1.54) is 5.56 Å². The summed E-state index contributed by atoms with van der Waals surface area (Å²) < 4.78 is 5.48. The molecule has 0 aliphatic carbocycles. The summed E-state index contributed by atoms with van der Waals surface area (Å²) in [6.45, 7) is 6.27. The van der Waals surface area contributed by atoms with Crippen LogP contribution in [0.1, 0.15) is 32.3 Å². The first kappa shape index (κ1) is 14.9. The van der Waals surface area contributed by atoms with Crippen molar-refractivity contribution in [2.75, 3.05) is 19.7 Å². The van der Waals surface area contributed by atoms with Crippen molar-refractivity contribution in [1.82, 2.24) is 10.6 Å². The van der Waals surface area contributed by atoms with E-state index in [9.17, 15) is 4.79 Å². The summed E-state index contributed by atoms with van der Waals surface area (Å²) in [6.07, 6.45) is 2.31. The maximum atomic E-state index is 11.8. The molecule has 20 heavy (non-hydrogen) atoms. The van der Waals surface area contributed by atoms with Gasteiger partial charge in [0.25, 0.3) is 0 Å². The molecule has 1 aliphatic rings. The number of hydrogen-bond donors (Lipinski definition) is 2. The van der Waals surface area contributed by atoms with E-state index in [1.807, 2.05) is 18.2 Å². The van der Waals surface area contributed by atoms with Gasteiger partial charge in [-0.25, -0.2) is 4.79 Å². The molecule has 0 aromatic heterocycles. The van der Waals surface area contributed by atoms with Gasteiger partial charge in [0.05, 0.1) is 6.10 Å². The fraction of sp³-hybridized carbons (Fsp3) is 0.562. The number of urea groups is 1. The Morgan fingerprint density at radius 2 is 2.05 bits per heavy atom. The van der Waals surface area contributed by atoms with Crippen LogP contribution in [0.4, 0.5) is 4.79 Å². The molecule has 1 unspecified atom stereocenters. The van der Waals surface area contributed by atoms with Crippen molar-refractivity contribution in [2.24, 2.45) is 0 Å². The highest BCUT2D eigenvalue weighted by molar-refractivity contribution is 5.74. The standard InChI is InChI=1S/C16H24N2O2/c1-16(2,13-7-4-3-5-8-13)12-18-15(19)17-11-14-9-6-10-20-14/h3-5,7-8,14H,6,9-12H2,1-2H3,(H2,17,18,19). The fourth-order valence-electron chi connectivity index (χ4n) is 2.37. The predicted octanol–water partition coefficient (Wildman–Crippen LogP) is 2.44. The van der Waals surface area contributed by atoms with Gasteiger partial charge in [0.1, 0.15) is 0 Å². The quantitative estimate of drug-likeness (QED) is 0.868. The SMILES string of the molecule is CC(C)(CNC(=O)NCC1CCCO1)c1ccccc1. The van der Waals surface area contributed by atoms with Gasteiger partial charge in [-0.2, -0.15) is 0 Å². The molecule has 1 aliphatic heterocycles. The molecular formula is C16H24N2O2. The van der Waals surface area contributed by atoms with Crippen LogP contribution in [0.5, 0.6) is 0 Å². The van der Waals surface area contributed by atoms with Crippen LogP contribution in [-0.2, 0) is 10.2 Å². The van der Waals surface area contributed by atoms with Gasteiger partial charge in [-0.15, -0.1) is 0 Å². The second kappa shape index (κ2) is 6.75. The summed E-state index contributed by atoms with van der Waals surface area (Å²) in [5, 5.41) is 5.81. The highest BCUT2D eigenvalue weighted by atomic mass is 16.5. The number of amides is 2. The summed E-state index contributed by atoms with van der Waals surface area (Å²) >= 11 is 0. The molecule has 1 fully saturated rings. The van der Waals surface area contributed by atoms with Crippen molar-refractivity contribution in [2.45, 2.75) is 38.2 Å². The first-order valence-corrected chi connectivity index (χ1v) is 7.27. The average Bonchev–Trinajstić information content (AvgIpc) is 2.97. The Bertz CT molecular complexity index is 425. The number of carbonyl (C=O) groups is 1. The number of carbonyl (C=O) groups excluding carboxylic acids is 1. The van der Waals surface area contributed by atoms with Crippen LogP contribution in [0.3, 0.4) is 0 Å². The Morgan fingerprint density at radius 3 is 2.70 bits per heavy atom. The van der Waals surface area contributed by atoms with Gasteiger partial charge in [0.15, 0.2) is 0 Å². The zero-order valence-electron chi connectivity index (χ0n) is 12.3. The molecule has 1 saturated heterocycles. The van der Waals surface area contributed by atoms with Gasteiger partial charge >= 0.3 is 6.03 Å². The molecule has 1 heterocycles. The van der Waals surface area contributed by atoms with E-state index in [1.54, 1.807) is 0 Å². The van der Waals surface area contributed by atoms with Crippen LogP contribution in [0.15, 0.2) is 30.3 Å². The van der Waals surface area contributed by atoms with Crippen LogP contribution >= 0.6 is 0 Å². The molecule has 2 rings (SSSR count). The maximum absolute atomic E-state index is 11.8. The minimum atomic E-state index is -0.121. The lowest BCUT2D eigenvalue weighted by Crippen LogP contribution is -2.44. The number of benzene rings is 1. The van der Waals surface area contributed by atoms with Crippen molar-refractivity contribution in [1.29, 1.82) is 0 Å². The Hall–Kier alpha value is -1.55. The van der Waals surface area contributed by atoms with E-state index in [2.05, 4.69) is 36.6 Å². The molecule has 1 aromatic rings. The zero-order chi connectivity index (χ0) is 14.4. The Labute approximate surface area is 120 Å². The van der Waals surface area contributed by atoms with Gasteiger partial charge in [-0.3, -0.25) is 0 Å². The van der Waals surface area contributed by atoms with E-state index in [-0.39, 0.29) is 17.6 Å². The Morgan fingerprint density at radius 1 is 1.30 bits per heavy atom. The van der Waals surface area contributed by atoms with Gasteiger partial charge in [-0.05, 0) is 18.4 Å². The molecule has 2 N–H and O–H groups in total. The van der Waals surface area contributed by atoms with E-state index in [4.69, 9.17) is 4.74 Å². The van der Waals surface area contributed by atoms with Crippen molar-refractivity contribution >= 4 is 6.03 Å². The maximum Gasteiger partial charge on any atom is 0.314 e. The summed E-state index contributed by atoms with van der Waals surface area (Å²) in [4.78, 5) is 11.8. The number of ether oxygens (including phenoxy) is 1. The average molecular weight is 276 g/mol. The lowest BCUT2D eigenvalue weighted by molar-refractivity contribution is 0.111. The second-order valence-corrected chi connectivity index (χ2v) is 5.95. The van der Waals surface area contributed by atoms with Gasteiger partial charge in [-0.1, -0.05) is 44.2 Å². The number of hydrogen-bond acceptors (Lipinski definition) is 2. The molecule has 1 aromatic carbocycles. The molecule has 4 heteroatoms. The van der Waals surface area contributed by atoms with Crippen LogP contribution in [-0.4, -0.2) is 31.8 Å². The van der Waals surface area contributed by atoms with Gasteiger partial charge in [0.2, 0.25) is 0 Å². The fourth-order valence-corrected chi connectivity index (χ4v) is 2.37. The van der Waals surface area contributed by atoms with Crippen LogP contribution < -0.4 is 10.6 Å². The lowest BCUT2D eigenvalue weighted by Gasteiger charge is -2.25. The molecule has 1 atom stereocenters. The third kappa shape index (κ3) is 4.23. The smallest absolute Gasteiger partial charge is 0.314 e. The largest absolute Gasteiger partial charge is 0.376 e. The van der Waals surface area contributed by atoms with Crippen LogP contribution in [0, 0.1) is 0 Å². The Kier molecular flexibility index (Phi) is 5.01. The van der Waals surface area contributed by atoms with E-state index < -0.39 is 0 Å².